The average Bonchev–Trinajstić information content (AvgIpc) is 2.63. The van der Waals surface area contributed by atoms with Gasteiger partial charge in [-0.15, -0.1) is 0 Å². The topological polar surface area (TPSA) is 26.3 Å². The van der Waals surface area contributed by atoms with E-state index in [4.69, 9.17) is 4.74 Å². The summed E-state index contributed by atoms with van der Waals surface area (Å²) < 4.78 is 5.34. The van der Waals surface area contributed by atoms with E-state index in [1.165, 1.54) is 0 Å². The Morgan fingerprint density at radius 2 is 2.38 bits per heavy atom. The fraction of sp³-hybridized carbons (Fsp3) is 0.300. The highest BCUT2D eigenvalue weighted by Crippen LogP contribution is 2.26. The van der Waals surface area contributed by atoms with Crippen LogP contribution in [-0.2, 0) is 6.42 Å². The Labute approximate surface area is 85.0 Å². The van der Waals surface area contributed by atoms with Gasteiger partial charge < -0.3 is 4.74 Å². The van der Waals surface area contributed by atoms with Gasteiger partial charge in [-0.1, -0.05) is 15.9 Å². The molecule has 1 aromatic carbocycles. The first-order valence-corrected chi connectivity index (χ1v) is 5.28. The van der Waals surface area contributed by atoms with Crippen LogP contribution in [0, 0.1) is 0 Å². The molecule has 68 valence electrons. The van der Waals surface area contributed by atoms with Crippen molar-refractivity contribution in [2.75, 3.05) is 11.9 Å². The fourth-order valence-electron chi connectivity index (χ4n) is 1.44. The van der Waals surface area contributed by atoms with Crippen LogP contribution in [0.1, 0.15) is 15.9 Å². The number of ketones is 1. The first-order chi connectivity index (χ1) is 6.31. The normalized spacial score (nSPS) is 13.6. The second kappa shape index (κ2) is 3.50. The van der Waals surface area contributed by atoms with Crippen molar-refractivity contribution in [1.29, 1.82) is 0 Å². The third kappa shape index (κ3) is 1.61. The van der Waals surface area contributed by atoms with Gasteiger partial charge in [0.15, 0.2) is 5.78 Å². The van der Waals surface area contributed by atoms with E-state index in [0.29, 0.717) is 5.33 Å². The van der Waals surface area contributed by atoms with E-state index in [1.807, 2.05) is 18.2 Å². The number of carbonyl (C=O) groups excluding carboxylic acids is 1. The lowest BCUT2D eigenvalue weighted by atomic mass is 10.1. The van der Waals surface area contributed by atoms with Crippen LogP contribution in [0.4, 0.5) is 0 Å². The number of fused-ring (bicyclic) bond motifs is 1. The Kier molecular flexibility index (Phi) is 2.36. The van der Waals surface area contributed by atoms with Crippen molar-refractivity contribution in [3.63, 3.8) is 0 Å². The summed E-state index contributed by atoms with van der Waals surface area (Å²) in [5.74, 6) is 1.04. The highest BCUT2D eigenvalue weighted by atomic mass is 79.9. The Bertz CT molecular complexity index is 347. The lowest BCUT2D eigenvalue weighted by Crippen LogP contribution is -1.99. The van der Waals surface area contributed by atoms with Crippen LogP contribution in [0.25, 0.3) is 0 Å². The van der Waals surface area contributed by atoms with Crippen molar-refractivity contribution in [2.24, 2.45) is 0 Å². The summed E-state index contributed by atoms with van der Waals surface area (Å²) in [6.45, 7) is 0.737. The molecule has 0 saturated heterocycles. The predicted molar refractivity (Wildman–Crippen MR) is 53.8 cm³/mol. The summed E-state index contributed by atoms with van der Waals surface area (Å²) in [6, 6.07) is 5.61. The molecule has 0 atom stereocenters. The quantitative estimate of drug-likeness (QED) is 0.586. The Balaban J connectivity index is 2.36. The van der Waals surface area contributed by atoms with E-state index in [9.17, 15) is 4.79 Å². The van der Waals surface area contributed by atoms with Crippen LogP contribution >= 0.6 is 15.9 Å². The lowest BCUT2D eigenvalue weighted by molar-refractivity contribution is 0.102. The number of rotatable bonds is 2. The van der Waals surface area contributed by atoms with Gasteiger partial charge in [-0.3, -0.25) is 4.79 Å². The SMILES string of the molecule is O=C(CBr)c1ccc2c(c1)CCO2. The van der Waals surface area contributed by atoms with Crippen molar-refractivity contribution in [1.82, 2.24) is 0 Å². The van der Waals surface area contributed by atoms with Crippen molar-refractivity contribution < 1.29 is 9.53 Å². The molecule has 0 amide bonds. The number of carbonyl (C=O) groups is 1. The summed E-state index contributed by atoms with van der Waals surface area (Å²) in [5.41, 5.74) is 1.91. The minimum Gasteiger partial charge on any atom is -0.493 e. The number of halogens is 1. The fourth-order valence-corrected chi connectivity index (χ4v) is 1.76. The first-order valence-electron chi connectivity index (χ1n) is 4.16. The molecule has 0 N–H and O–H groups in total. The van der Waals surface area contributed by atoms with E-state index in [1.54, 1.807) is 0 Å². The van der Waals surface area contributed by atoms with Crippen LogP contribution < -0.4 is 4.74 Å². The second-order valence-corrected chi connectivity index (χ2v) is 3.54. The maximum absolute atomic E-state index is 11.3. The molecule has 1 aromatic rings. The molecule has 0 spiro atoms. The zero-order valence-corrected chi connectivity index (χ0v) is 8.63. The maximum atomic E-state index is 11.3. The summed E-state index contributed by atoms with van der Waals surface area (Å²) in [5, 5.41) is 0.382. The molecule has 1 aliphatic rings. The summed E-state index contributed by atoms with van der Waals surface area (Å²) in [4.78, 5) is 11.3. The van der Waals surface area contributed by atoms with Crippen LogP contribution in [0.5, 0.6) is 5.75 Å². The molecule has 2 rings (SSSR count). The highest BCUT2D eigenvalue weighted by molar-refractivity contribution is 9.09. The number of hydrogen-bond acceptors (Lipinski definition) is 2. The zero-order valence-electron chi connectivity index (χ0n) is 7.05. The lowest BCUT2D eigenvalue weighted by Gasteiger charge is -2.00. The first kappa shape index (κ1) is 8.75. The maximum Gasteiger partial charge on any atom is 0.173 e. The molecular weight excluding hydrogens is 232 g/mol. The van der Waals surface area contributed by atoms with Gasteiger partial charge in [0.05, 0.1) is 11.9 Å². The van der Waals surface area contributed by atoms with Gasteiger partial charge in [0.1, 0.15) is 5.75 Å². The van der Waals surface area contributed by atoms with E-state index in [0.717, 1.165) is 29.9 Å². The van der Waals surface area contributed by atoms with Gasteiger partial charge in [-0.2, -0.15) is 0 Å². The molecule has 0 unspecified atom stereocenters. The van der Waals surface area contributed by atoms with Crippen LogP contribution in [-0.4, -0.2) is 17.7 Å². The molecule has 1 aliphatic heterocycles. The zero-order chi connectivity index (χ0) is 9.26. The van der Waals surface area contributed by atoms with Gasteiger partial charge in [-0.25, -0.2) is 0 Å². The summed E-state index contributed by atoms with van der Waals surface area (Å²) in [7, 11) is 0. The Hall–Kier alpha value is -0.830. The van der Waals surface area contributed by atoms with Crippen LogP contribution in [0.3, 0.4) is 0 Å². The Morgan fingerprint density at radius 1 is 1.54 bits per heavy atom. The smallest absolute Gasteiger partial charge is 0.173 e. The number of hydrogen-bond donors (Lipinski definition) is 0. The minimum absolute atomic E-state index is 0.120. The van der Waals surface area contributed by atoms with E-state index >= 15 is 0 Å². The number of ether oxygens (including phenoxy) is 1. The van der Waals surface area contributed by atoms with E-state index in [-0.39, 0.29) is 5.78 Å². The third-order valence-corrected chi connectivity index (χ3v) is 2.64. The van der Waals surface area contributed by atoms with Crippen LogP contribution in [0.15, 0.2) is 18.2 Å². The number of Topliss-reactive ketones (excluding diaryl/α,β-unsaturated/α-hetero) is 1. The molecule has 0 fully saturated rings. The van der Waals surface area contributed by atoms with Gasteiger partial charge in [0, 0.05) is 12.0 Å². The monoisotopic (exact) mass is 240 g/mol. The molecule has 2 nitrogen and oxygen atoms in total. The van der Waals surface area contributed by atoms with E-state index < -0.39 is 0 Å². The molecule has 0 saturated carbocycles. The molecule has 0 aromatic heterocycles. The molecule has 1 heterocycles. The molecule has 0 radical (unpaired) electrons. The van der Waals surface area contributed by atoms with Gasteiger partial charge in [0.25, 0.3) is 0 Å². The molecule has 13 heavy (non-hydrogen) atoms. The average molecular weight is 241 g/mol. The van der Waals surface area contributed by atoms with E-state index in [2.05, 4.69) is 15.9 Å². The van der Waals surface area contributed by atoms with Gasteiger partial charge in [0.2, 0.25) is 0 Å². The number of alkyl halides is 1. The van der Waals surface area contributed by atoms with Gasteiger partial charge in [-0.05, 0) is 23.8 Å². The minimum atomic E-state index is 0.120. The van der Waals surface area contributed by atoms with Gasteiger partial charge >= 0.3 is 0 Å². The van der Waals surface area contributed by atoms with Crippen molar-refractivity contribution >= 4 is 21.7 Å². The van der Waals surface area contributed by atoms with Crippen LogP contribution in [0.2, 0.25) is 0 Å². The second-order valence-electron chi connectivity index (χ2n) is 2.98. The van der Waals surface area contributed by atoms with Crippen molar-refractivity contribution in [3.8, 4) is 5.75 Å². The standard InChI is InChI=1S/C10H9BrO2/c11-6-9(12)7-1-2-10-8(5-7)3-4-13-10/h1-2,5H,3-4,6H2. The highest BCUT2D eigenvalue weighted by Gasteiger charge is 2.13. The molecule has 0 bridgehead atoms. The number of benzene rings is 1. The third-order valence-electron chi connectivity index (χ3n) is 2.13. The summed E-state index contributed by atoms with van der Waals surface area (Å²) in [6.07, 6.45) is 0.915. The molecule has 3 heteroatoms. The summed E-state index contributed by atoms with van der Waals surface area (Å²) >= 11 is 3.15. The largest absolute Gasteiger partial charge is 0.493 e. The predicted octanol–water partition coefficient (Wildman–Crippen LogP) is 2.20. The molecular formula is C10H9BrO2. The molecule has 0 aliphatic carbocycles. The Morgan fingerprint density at radius 3 is 3.15 bits per heavy atom. The van der Waals surface area contributed by atoms with Crippen molar-refractivity contribution in [3.05, 3.63) is 29.3 Å². The van der Waals surface area contributed by atoms with Crippen molar-refractivity contribution in [2.45, 2.75) is 6.42 Å².